The van der Waals surface area contributed by atoms with Gasteiger partial charge in [-0.2, -0.15) is 5.10 Å². The Morgan fingerprint density at radius 1 is 1.44 bits per heavy atom. The van der Waals surface area contributed by atoms with Crippen LogP contribution >= 0.6 is 0 Å². The van der Waals surface area contributed by atoms with Crippen LogP contribution in [0.25, 0.3) is 0 Å². The van der Waals surface area contributed by atoms with Crippen molar-refractivity contribution in [1.82, 2.24) is 15.1 Å². The minimum absolute atomic E-state index is 0.477. The second-order valence-electron chi connectivity index (χ2n) is 6.09. The fourth-order valence-corrected chi connectivity index (χ4v) is 3.23. The fourth-order valence-electron chi connectivity index (χ4n) is 3.23. The minimum atomic E-state index is 0.477. The Hall–Kier alpha value is -0.830. The van der Waals surface area contributed by atoms with E-state index in [0.717, 1.165) is 13.0 Å². The highest BCUT2D eigenvalue weighted by atomic mass is 15.2. The molecule has 1 N–H and O–H groups in total. The van der Waals surface area contributed by atoms with E-state index in [1.54, 1.807) is 0 Å². The largest absolute Gasteiger partial charge is 0.313 e. The van der Waals surface area contributed by atoms with Gasteiger partial charge in [-0.1, -0.05) is 26.7 Å². The highest BCUT2D eigenvalue weighted by Crippen LogP contribution is 2.41. The molecule has 1 unspecified atom stereocenters. The van der Waals surface area contributed by atoms with Crippen molar-refractivity contribution in [3.8, 4) is 0 Å². The Kier molecular flexibility index (Phi) is 4.44. The number of nitrogens with zero attached hydrogens (tertiary/aromatic N) is 2. The van der Waals surface area contributed by atoms with Crippen LogP contribution in [0.1, 0.15) is 51.5 Å². The summed E-state index contributed by atoms with van der Waals surface area (Å²) in [4.78, 5) is 0. The molecule has 0 saturated heterocycles. The summed E-state index contributed by atoms with van der Waals surface area (Å²) in [6, 6.07) is 0.601. The Balaban J connectivity index is 2.04. The first-order valence-electron chi connectivity index (χ1n) is 7.35. The number of aromatic nitrogens is 2. The lowest BCUT2D eigenvalue weighted by atomic mass is 9.78. The highest BCUT2D eigenvalue weighted by molar-refractivity contribution is 5.08. The maximum atomic E-state index is 4.29. The monoisotopic (exact) mass is 249 g/mol. The average molecular weight is 249 g/mol. The van der Waals surface area contributed by atoms with Crippen LogP contribution in [0.15, 0.2) is 12.4 Å². The Bertz CT molecular complexity index is 364. The van der Waals surface area contributed by atoms with Crippen LogP contribution in [-0.2, 0) is 13.5 Å². The molecule has 1 aromatic heterocycles. The SMILES string of the molecule is CCCNC(Cc1cnn(C)c1)C1(C)CCCC1. The van der Waals surface area contributed by atoms with Crippen molar-refractivity contribution in [2.24, 2.45) is 12.5 Å². The summed E-state index contributed by atoms with van der Waals surface area (Å²) in [5.74, 6) is 0. The smallest absolute Gasteiger partial charge is 0.0522 e. The maximum Gasteiger partial charge on any atom is 0.0522 e. The number of hydrogen-bond donors (Lipinski definition) is 1. The normalized spacial score (nSPS) is 20.2. The minimum Gasteiger partial charge on any atom is -0.313 e. The maximum absolute atomic E-state index is 4.29. The molecule has 0 aromatic carbocycles. The lowest BCUT2D eigenvalue weighted by Crippen LogP contribution is -2.44. The van der Waals surface area contributed by atoms with Crippen LogP contribution in [0.3, 0.4) is 0 Å². The fraction of sp³-hybridized carbons (Fsp3) is 0.800. The third-order valence-electron chi connectivity index (χ3n) is 4.43. The lowest BCUT2D eigenvalue weighted by Gasteiger charge is -2.35. The topological polar surface area (TPSA) is 29.9 Å². The molecule has 1 atom stereocenters. The van der Waals surface area contributed by atoms with E-state index in [2.05, 4.69) is 30.5 Å². The summed E-state index contributed by atoms with van der Waals surface area (Å²) < 4.78 is 1.91. The molecule has 102 valence electrons. The van der Waals surface area contributed by atoms with Gasteiger partial charge >= 0.3 is 0 Å². The average Bonchev–Trinajstić information content (AvgIpc) is 2.94. The molecule has 0 aliphatic heterocycles. The van der Waals surface area contributed by atoms with Crippen LogP contribution in [0.4, 0.5) is 0 Å². The zero-order chi connectivity index (χ0) is 13.0. The summed E-state index contributed by atoms with van der Waals surface area (Å²) >= 11 is 0. The van der Waals surface area contributed by atoms with E-state index in [4.69, 9.17) is 0 Å². The van der Waals surface area contributed by atoms with Crippen molar-refractivity contribution in [2.75, 3.05) is 6.54 Å². The van der Waals surface area contributed by atoms with E-state index < -0.39 is 0 Å². The van der Waals surface area contributed by atoms with Crippen LogP contribution in [0, 0.1) is 5.41 Å². The quantitative estimate of drug-likeness (QED) is 0.840. The molecule has 2 rings (SSSR count). The molecule has 0 spiro atoms. The first kappa shape index (κ1) is 13.6. The molecule has 1 saturated carbocycles. The highest BCUT2D eigenvalue weighted by Gasteiger charge is 2.36. The van der Waals surface area contributed by atoms with Gasteiger partial charge in [-0.05, 0) is 43.2 Å². The van der Waals surface area contributed by atoms with Gasteiger partial charge in [0.15, 0.2) is 0 Å². The van der Waals surface area contributed by atoms with Gasteiger partial charge in [0.25, 0.3) is 0 Å². The first-order chi connectivity index (χ1) is 8.64. The molecular weight excluding hydrogens is 222 g/mol. The molecule has 3 nitrogen and oxygen atoms in total. The van der Waals surface area contributed by atoms with Crippen molar-refractivity contribution in [2.45, 2.75) is 58.4 Å². The van der Waals surface area contributed by atoms with E-state index in [9.17, 15) is 0 Å². The molecule has 0 amide bonds. The molecule has 1 aliphatic carbocycles. The van der Waals surface area contributed by atoms with E-state index in [-0.39, 0.29) is 0 Å². The summed E-state index contributed by atoms with van der Waals surface area (Å²) in [7, 11) is 2.00. The zero-order valence-electron chi connectivity index (χ0n) is 12.1. The first-order valence-corrected chi connectivity index (χ1v) is 7.35. The molecule has 0 bridgehead atoms. The summed E-state index contributed by atoms with van der Waals surface area (Å²) in [5.41, 5.74) is 1.84. The lowest BCUT2D eigenvalue weighted by molar-refractivity contribution is 0.219. The predicted octanol–water partition coefficient (Wildman–Crippen LogP) is 2.91. The van der Waals surface area contributed by atoms with Gasteiger partial charge in [-0.25, -0.2) is 0 Å². The van der Waals surface area contributed by atoms with Crippen LogP contribution in [-0.4, -0.2) is 22.4 Å². The van der Waals surface area contributed by atoms with Crippen molar-refractivity contribution in [1.29, 1.82) is 0 Å². The predicted molar refractivity (Wildman–Crippen MR) is 75.6 cm³/mol. The van der Waals surface area contributed by atoms with Crippen LogP contribution in [0.2, 0.25) is 0 Å². The summed E-state index contributed by atoms with van der Waals surface area (Å²) in [5, 5.41) is 8.06. The molecule has 0 radical (unpaired) electrons. The van der Waals surface area contributed by atoms with E-state index in [1.165, 1.54) is 37.7 Å². The third-order valence-corrected chi connectivity index (χ3v) is 4.43. The molecule has 1 aromatic rings. The van der Waals surface area contributed by atoms with Gasteiger partial charge in [-0.15, -0.1) is 0 Å². The van der Waals surface area contributed by atoms with Crippen LogP contribution < -0.4 is 5.32 Å². The molecular formula is C15H27N3. The molecule has 1 heterocycles. The van der Waals surface area contributed by atoms with Crippen molar-refractivity contribution in [3.63, 3.8) is 0 Å². The van der Waals surface area contributed by atoms with Gasteiger partial charge in [0.1, 0.15) is 0 Å². The van der Waals surface area contributed by atoms with Gasteiger partial charge in [0, 0.05) is 19.3 Å². The molecule has 1 aliphatic rings. The Morgan fingerprint density at radius 2 is 2.17 bits per heavy atom. The van der Waals surface area contributed by atoms with Gasteiger partial charge in [0.05, 0.1) is 6.20 Å². The van der Waals surface area contributed by atoms with Gasteiger partial charge < -0.3 is 5.32 Å². The number of rotatable bonds is 6. The molecule has 1 fully saturated rings. The Morgan fingerprint density at radius 3 is 2.72 bits per heavy atom. The second-order valence-corrected chi connectivity index (χ2v) is 6.09. The number of nitrogens with one attached hydrogen (secondary N) is 1. The van der Waals surface area contributed by atoms with Crippen LogP contribution in [0.5, 0.6) is 0 Å². The van der Waals surface area contributed by atoms with Crippen molar-refractivity contribution >= 4 is 0 Å². The number of hydrogen-bond acceptors (Lipinski definition) is 2. The van der Waals surface area contributed by atoms with Crippen molar-refractivity contribution in [3.05, 3.63) is 18.0 Å². The zero-order valence-corrected chi connectivity index (χ0v) is 12.1. The van der Waals surface area contributed by atoms with E-state index >= 15 is 0 Å². The third kappa shape index (κ3) is 3.14. The Labute approximate surface area is 111 Å². The number of aryl methyl sites for hydroxylation is 1. The summed E-state index contributed by atoms with van der Waals surface area (Å²) in [6.45, 7) is 5.83. The van der Waals surface area contributed by atoms with Gasteiger partial charge in [0.2, 0.25) is 0 Å². The van der Waals surface area contributed by atoms with E-state index in [1.807, 2.05) is 17.9 Å². The summed E-state index contributed by atoms with van der Waals surface area (Å²) in [6.07, 6.45) is 12.0. The van der Waals surface area contributed by atoms with E-state index in [0.29, 0.717) is 11.5 Å². The second kappa shape index (κ2) is 5.87. The standard InChI is InChI=1S/C15H27N3/c1-4-9-16-14(15(2)7-5-6-8-15)10-13-11-17-18(3)12-13/h11-12,14,16H,4-10H2,1-3H3. The molecule has 3 heteroatoms. The van der Waals surface area contributed by atoms with Gasteiger partial charge in [-0.3, -0.25) is 4.68 Å². The molecule has 18 heavy (non-hydrogen) atoms. The van der Waals surface area contributed by atoms with Crippen molar-refractivity contribution < 1.29 is 0 Å².